The molecule has 3 aromatic carbocycles. The van der Waals surface area contributed by atoms with Crippen molar-refractivity contribution in [2.45, 2.75) is 25.7 Å². The molecule has 3 aromatic rings. The van der Waals surface area contributed by atoms with E-state index in [0.29, 0.717) is 11.8 Å². The molecule has 116 valence electrons. The number of hydrogen-bond donors (Lipinski definition) is 1. The fourth-order valence-electron chi connectivity index (χ4n) is 3.07. The summed E-state index contributed by atoms with van der Waals surface area (Å²) in [5, 5.41) is 0. The number of nitrogen functional groups attached to an aromatic ring is 1. The van der Waals surface area contributed by atoms with Crippen molar-refractivity contribution < 1.29 is 0 Å². The average molecular weight is 301 g/mol. The Labute approximate surface area is 138 Å². The minimum atomic E-state index is 0.335. The van der Waals surface area contributed by atoms with Crippen LogP contribution in [0.15, 0.2) is 78.9 Å². The van der Waals surface area contributed by atoms with Gasteiger partial charge in [0.1, 0.15) is 0 Å². The van der Waals surface area contributed by atoms with Gasteiger partial charge in [0.05, 0.1) is 0 Å². The molecule has 0 radical (unpaired) electrons. The lowest BCUT2D eigenvalue weighted by Crippen LogP contribution is -2.02. The number of hydrogen-bond acceptors (Lipinski definition) is 1. The summed E-state index contributed by atoms with van der Waals surface area (Å²) in [6.45, 7) is 4.47. The smallest absolute Gasteiger partial charge is 0.0319 e. The first-order chi connectivity index (χ1) is 11.1. The second-order valence-electron chi connectivity index (χ2n) is 6.20. The maximum absolute atomic E-state index is 6.19. The summed E-state index contributed by atoms with van der Waals surface area (Å²) in [5.74, 6) is 0.669. The Kier molecular flexibility index (Phi) is 4.47. The van der Waals surface area contributed by atoms with Gasteiger partial charge < -0.3 is 5.73 Å². The van der Waals surface area contributed by atoms with Crippen molar-refractivity contribution in [2.75, 3.05) is 5.73 Å². The Balaban J connectivity index is 1.96. The Morgan fingerprint density at radius 1 is 0.565 bits per heavy atom. The van der Waals surface area contributed by atoms with Gasteiger partial charge >= 0.3 is 0 Å². The minimum absolute atomic E-state index is 0.335. The molecule has 1 nitrogen and oxygen atoms in total. The van der Waals surface area contributed by atoms with Crippen molar-refractivity contribution in [3.05, 3.63) is 101 Å². The van der Waals surface area contributed by atoms with E-state index in [0.717, 1.165) is 5.69 Å². The minimum Gasteiger partial charge on any atom is -0.399 e. The van der Waals surface area contributed by atoms with E-state index in [9.17, 15) is 0 Å². The van der Waals surface area contributed by atoms with Crippen molar-refractivity contribution in [2.24, 2.45) is 0 Å². The van der Waals surface area contributed by atoms with Crippen molar-refractivity contribution >= 4 is 5.69 Å². The molecule has 23 heavy (non-hydrogen) atoms. The molecule has 0 heterocycles. The molecule has 0 aliphatic rings. The Morgan fingerprint density at radius 2 is 0.957 bits per heavy atom. The first kappa shape index (κ1) is 15.4. The van der Waals surface area contributed by atoms with Crippen LogP contribution in [0.3, 0.4) is 0 Å². The molecular weight excluding hydrogens is 278 g/mol. The maximum Gasteiger partial charge on any atom is 0.0319 e. The fourth-order valence-corrected chi connectivity index (χ4v) is 3.07. The van der Waals surface area contributed by atoms with Crippen LogP contribution < -0.4 is 5.73 Å². The highest BCUT2D eigenvalue weighted by atomic mass is 14.5. The highest BCUT2D eigenvalue weighted by molar-refractivity contribution is 5.50. The second kappa shape index (κ2) is 6.70. The van der Waals surface area contributed by atoms with Crippen LogP contribution in [-0.4, -0.2) is 0 Å². The topological polar surface area (TPSA) is 26.0 Å². The van der Waals surface area contributed by atoms with Crippen LogP contribution in [0, 0.1) is 0 Å². The SMILES string of the molecule is CC(c1ccccc1)c1cc(N)cc(C(C)c2ccccc2)c1. The summed E-state index contributed by atoms with van der Waals surface area (Å²) in [4.78, 5) is 0. The van der Waals surface area contributed by atoms with Gasteiger partial charge in [-0.3, -0.25) is 0 Å². The van der Waals surface area contributed by atoms with Crippen molar-refractivity contribution in [3.63, 3.8) is 0 Å². The van der Waals surface area contributed by atoms with E-state index in [4.69, 9.17) is 5.73 Å². The Bertz CT molecular complexity index is 699. The normalized spacial score (nSPS) is 13.5. The van der Waals surface area contributed by atoms with Crippen LogP contribution in [0.4, 0.5) is 5.69 Å². The molecule has 0 fully saturated rings. The number of nitrogens with two attached hydrogens (primary N) is 1. The molecular formula is C22H23N. The van der Waals surface area contributed by atoms with Crippen LogP contribution in [0.25, 0.3) is 0 Å². The van der Waals surface area contributed by atoms with Crippen LogP contribution in [-0.2, 0) is 0 Å². The predicted molar refractivity (Wildman–Crippen MR) is 98.8 cm³/mol. The van der Waals surface area contributed by atoms with Crippen molar-refractivity contribution in [3.8, 4) is 0 Å². The average Bonchev–Trinajstić information content (AvgIpc) is 2.61. The van der Waals surface area contributed by atoms with Gasteiger partial charge in [0.15, 0.2) is 0 Å². The van der Waals surface area contributed by atoms with Crippen molar-refractivity contribution in [1.29, 1.82) is 0 Å². The van der Waals surface area contributed by atoms with Crippen molar-refractivity contribution in [1.82, 2.24) is 0 Å². The summed E-state index contributed by atoms with van der Waals surface area (Å²) in [7, 11) is 0. The third kappa shape index (κ3) is 3.45. The van der Waals surface area contributed by atoms with E-state index < -0.39 is 0 Å². The first-order valence-electron chi connectivity index (χ1n) is 8.15. The van der Waals surface area contributed by atoms with Crippen LogP contribution >= 0.6 is 0 Å². The lowest BCUT2D eigenvalue weighted by Gasteiger charge is -2.18. The molecule has 0 aromatic heterocycles. The monoisotopic (exact) mass is 301 g/mol. The van der Waals surface area contributed by atoms with E-state index >= 15 is 0 Å². The Morgan fingerprint density at radius 3 is 1.35 bits per heavy atom. The first-order valence-corrected chi connectivity index (χ1v) is 8.15. The van der Waals surface area contributed by atoms with Crippen LogP contribution in [0.2, 0.25) is 0 Å². The number of rotatable bonds is 4. The predicted octanol–water partition coefficient (Wildman–Crippen LogP) is 5.57. The molecule has 0 aliphatic carbocycles. The third-order valence-corrected chi connectivity index (χ3v) is 4.60. The zero-order valence-electron chi connectivity index (χ0n) is 13.7. The van der Waals surface area contributed by atoms with E-state index in [1.807, 2.05) is 0 Å². The summed E-state index contributed by atoms with van der Waals surface area (Å²) in [6.07, 6.45) is 0. The molecule has 2 unspecified atom stereocenters. The maximum atomic E-state index is 6.19. The second-order valence-corrected chi connectivity index (χ2v) is 6.20. The molecule has 0 spiro atoms. The third-order valence-electron chi connectivity index (χ3n) is 4.60. The summed E-state index contributed by atoms with van der Waals surface area (Å²) < 4.78 is 0. The van der Waals surface area contributed by atoms with Gasteiger partial charge in [-0.2, -0.15) is 0 Å². The molecule has 0 amide bonds. The van der Waals surface area contributed by atoms with Crippen LogP contribution in [0.1, 0.15) is 47.9 Å². The summed E-state index contributed by atoms with van der Waals surface area (Å²) in [5.41, 5.74) is 12.2. The van der Waals surface area contributed by atoms with Gasteiger partial charge in [0.25, 0.3) is 0 Å². The molecule has 1 heteroatoms. The molecule has 2 N–H and O–H groups in total. The quantitative estimate of drug-likeness (QED) is 0.626. The van der Waals surface area contributed by atoms with Gasteiger partial charge in [-0.05, 0) is 34.4 Å². The molecule has 0 saturated carbocycles. The highest BCUT2D eigenvalue weighted by Gasteiger charge is 2.14. The molecule has 0 bridgehead atoms. The van der Waals surface area contributed by atoms with Gasteiger partial charge in [-0.1, -0.05) is 80.6 Å². The van der Waals surface area contributed by atoms with Gasteiger partial charge in [0.2, 0.25) is 0 Å². The molecule has 0 saturated heterocycles. The molecule has 0 aliphatic heterocycles. The fraction of sp³-hybridized carbons (Fsp3) is 0.182. The zero-order chi connectivity index (χ0) is 16.2. The number of anilines is 1. The number of benzene rings is 3. The van der Waals surface area contributed by atoms with Gasteiger partial charge in [0, 0.05) is 17.5 Å². The summed E-state index contributed by atoms with van der Waals surface area (Å²) >= 11 is 0. The van der Waals surface area contributed by atoms with Gasteiger partial charge in [-0.25, -0.2) is 0 Å². The largest absolute Gasteiger partial charge is 0.399 e. The standard InChI is InChI=1S/C22H23N/c1-16(18-9-5-3-6-10-18)20-13-21(15-22(23)14-20)17(2)19-11-7-4-8-12-19/h3-17H,23H2,1-2H3. The van der Waals surface area contributed by atoms with E-state index in [-0.39, 0.29) is 0 Å². The molecule has 2 atom stereocenters. The lowest BCUT2D eigenvalue weighted by atomic mass is 9.87. The van der Waals surface area contributed by atoms with Gasteiger partial charge in [-0.15, -0.1) is 0 Å². The van der Waals surface area contributed by atoms with E-state index in [2.05, 4.69) is 92.7 Å². The lowest BCUT2D eigenvalue weighted by molar-refractivity contribution is 0.888. The zero-order valence-corrected chi connectivity index (χ0v) is 13.7. The summed E-state index contributed by atoms with van der Waals surface area (Å²) in [6, 6.07) is 27.7. The molecule has 3 rings (SSSR count). The van der Waals surface area contributed by atoms with E-state index in [1.165, 1.54) is 22.3 Å². The highest BCUT2D eigenvalue weighted by Crippen LogP contribution is 2.31. The van der Waals surface area contributed by atoms with Crippen LogP contribution in [0.5, 0.6) is 0 Å². The Hall–Kier alpha value is -2.54. The van der Waals surface area contributed by atoms with E-state index in [1.54, 1.807) is 0 Å².